The van der Waals surface area contributed by atoms with Crippen LogP contribution < -0.4 is 4.90 Å². The quantitative estimate of drug-likeness (QED) is 0.748. The molecule has 0 saturated carbocycles. The number of aryl methyl sites for hydroxylation is 1. The molecule has 2 aromatic rings. The summed E-state index contributed by atoms with van der Waals surface area (Å²) < 4.78 is 0. The maximum atomic E-state index is 5.98. The number of nitrogens with zero attached hydrogens (tertiary/aromatic N) is 3. The van der Waals surface area contributed by atoms with Gasteiger partial charge in [-0.15, -0.1) is 11.6 Å². The fraction of sp³-hybridized carbons (Fsp3) is 0.500. The summed E-state index contributed by atoms with van der Waals surface area (Å²) in [6, 6.07) is 8.47. The van der Waals surface area contributed by atoms with E-state index in [0.29, 0.717) is 11.9 Å². The van der Waals surface area contributed by atoms with E-state index in [1.807, 2.05) is 31.2 Å². The molecular weight excluding hydrogens is 270 g/mol. The van der Waals surface area contributed by atoms with Crippen LogP contribution in [0.25, 0.3) is 11.0 Å². The molecule has 0 N–H and O–H groups in total. The number of halogens is 1. The lowest BCUT2D eigenvalue weighted by atomic mass is 10.1. The van der Waals surface area contributed by atoms with Crippen molar-refractivity contribution in [3.05, 3.63) is 30.0 Å². The summed E-state index contributed by atoms with van der Waals surface area (Å²) in [4.78, 5) is 11.8. The van der Waals surface area contributed by atoms with Crippen LogP contribution in [0.2, 0.25) is 0 Å². The molecule has 1 aromatic heterocycles. The maximum absolute atomic E-state index is 5.98. The van der Waals surface area contributed by atoms with Crippen molar-refractivity contribution in [3.8, 4) is 0 Å². The van der Waals surface area contributed by atoms with Crippen LogP contribution >= 0.6 is 11.6 Å². The number of hydrogen-bond donors (Lipinski definition) is 0. The van der Waals surface area contributed by atoms with Crippen molar-refractivity contribution in [2.45, 2.75) is 39.7 Å². The molecule has 20 heavy (non-hydrogen) atoms. The van der Waals surface area contributed by atoms with Crippen LogP contribution in [0.5, 0.6) is 0 Å². The summed E-state index contributed by atoms with van der Waals surface area (Å²) in [6.07, 6.45) is 2.17. The first-order valence-corrected chi connectivity index (χ1v) is 7.80. The Morgan fingerprint density at radius 1 is 1.10 bits per heavy atom. The van der Waals surface area contributed by atoms with Crippen molar-refractivity contribution < 1.29 is 0 Å². The van der Waals surface area contributed by atoms with Gasteiger partial charge >= 0.3 is 0 Å². The van der Waals surface area contributed by atoms with Crippen LogP contribution in [0.4, 0.5) is 5.82 Å². The smallest absolute Gasteiger partial charge is 0.151 e. The molecule has 3 nitrogen and oxygen atoms in total. The van der Waals surface area contributed by atoms with E-state index in [4.69, 9.17) is 16.6 Å². The normalized spacial score (nSPS) is 11.2. The Morgan fingerprint density at radius 2 is 1.70 bits per heavy atom. The van der Waals surface area contributed by atoms with E-state index in [-0.39, 0.29) is 0 Å². The zero-order chi connectivity index (χ0) is 14.5. The molecule has 0 spiro atoms. The average molecular weight is 292 g/mol. The van der Waals surface area contributed by atoms with Crippen molar-refractivity contribution in [2.75, 3.05) is 17.3 Å². The van der Waals surface area contributed by atoms with E-state index in [0.717, 1.165) is 41.9 Å². The molecule has 2 rings (SSSR count). The molecule has 0 aliphatic rings. The highest BCUT2D eigenvalue weighted by Gasteiger charge is 2.19. The minimum absolute atomic E-state index is 0.461. The molecule has 0 aliphatic heterocycles. The van der Waals surface area contributed by atoms with Gasteiger partial charge in [0.1, 0.15) is 0 Å². The van der Waals surface area contributed by atoms with Gasteiger partial charge in [-0.05, 0) is 31.9 Å². The lowest BCUT2D eigenvalue weighted by molar-refractivity contribution is 0.561. The molecule has 1 heterocycles. The number of hydrogen-bond acceptors (Lipinski definition) is 3. The third kappa shape index (κ3) is 3.04. The second-order valence-electron chi connectivity index (χ2n) is 4.97. The van der Waals surface area contributed by atoms with Gasteiger partial charge in [-0.25, -0.2) is 9.97 Å². The lowest BCUT2D eigenvalue weighted by Crippen LogP contribution is -2.37. The Morgan fingerprint density at radius 3 is 2.25 bits per heavy atom. The SMILES string of the molecule is CCC(CC)N(CCCl)c1nc2ccccc2nc1C. The summed E-state index contributed by atoms with van der Waals surface area (Å²) in [5.41, 5.74) is 2.86. The zero-order valence-electron chi connectivity index (χ0n) is 12.4. The van der Waals surface area contributed by atoms with Gasteiger partial charge < -0.3 is 4.90 Å². The third-order valence-electron chi connectivity index (χ3n) is 3.70. The van der Waals surface area contributed by atoms with Gasteiger partial charge in [0.15, 0.2) is 5.82 Å². The molecule has 0 unspecified atom stereocenters. The topological polar surface area (TPSA) is 29.0 Å². The van der Waals surface area contributed by atoms with Crippen LogP contribution in [-0.2, 0) is 0 Å². The van der Waals surface area contributed by atoms with Crippen LogP contribution in [0.3, 0.4) is 0 Å². The first-order valence-electron chi connectivity index (χ1n) is 7.27. The second kappa shape index (κ2) is 6.89. The Labute approximate surface area is 126 Å². The molecular formula is C16H22ClN3. The first kappa shape index (κ1) is 15.0. The summed E-state index contributed by atoms with van der Waals surface area (Å²) in [7, 11) is 0. The van der Waals surface area contributed by atoms with Gasteiger partial charge in [0, 0.05) is 18.5 Å². The van der Waals surface area contributed by atoms with E-state index < -0.39 is 0 Å². The lowest BCUT2D eigenvalue weighted by Gasteiger charge is -2.32. The molecule has 4 heteroatoms. The number of aromatic nitrogens is 2. The van der Waals surface area contributed by atoms with Gasteiger partial charge in [0.25, 0.3) is 0 Å². The number of anilines is 1. The fourth-order valence-electron chi connectivity index (χ4n) is 2.63. The molecule has 0 fully saturated rings. The van der Waals surface area contributed by atoms with Crippen LogP contribution in [0.15, 0.2) is 24.3 Å². The largest absolute Gasteiger partial charge is 0.351 e. The van der Waals surface area contributed by atoms with Gasteiger partial charge in [0.2, 0.25) is 0 Å². The highest BCUT2D eigenvalue weighted by molar-refractivity contribution is 6.18. The van der Waals surface area contributed by atoms with Crippen molar-refractivity contribution in [3.63, 3.8) is 0 Å². The van der Waals surface area contributed by atoms with Crippen molar-refractivity contribution >= 4 is 28.5 Å². The highest BCUT2D eigenvalue weighted by Crippen LogP contribution is 2.24. The van der Waals surface area contributed by atoms with Gasteiger partial charge in [-0.3, -0.25) is 0 Å². The molecule has 0 aliphatic carbocycles. The van der Waals surface area contributed by atoms with E-state index in [1.165, 1.54) is 0 Å². The summed E-state index contributed by atoms with van der Waals surface area (Å²) in [6.45, 7) is 7.25. The molecule has 0 bridgehead atoms. The number of benzene rings is 1. The Bertz CT molecular complexity index is 567. The Kier molecular flexibility index (Phi) is 5.18. The third-order valence-corrected chi connectivity index (χ3v) is 3.87. The first-order chi connectivity index (χ1) is 9.71. The zero-order valence-corrected chi connectivity index (χ0v) is 13.2. The van der Waals surface area contributed by atoms with Crippen LogP contribution in [0, 0.1) is 6.92 Å². The van der Waals surface area contributed by atoms with E-state index in [9.17, 15) is 0 Å². The Balaban J connectivity index is 2.49. The number of alkyl halides is 1. The van der Waals surface area contributed by atoms with E-state index >= 15 is 0 Å². The number of rotatable bonds is 6. The number of para-hydroxylation sites is 2. The van der Waals surface area contributed by atoms with E-state index in [1.54, 1.807) is 0 Å². The van der Waals surface area contributed by atoms with Crippen LogP contribution in [-0.4, -0.2) is 28.4 Å². The van der Waals surface area contributed by atoms with Crippen molar-refractivity contribution in [1.29, 1.82) is 0 Å². The maximum Gasteiger partial charge on any atom is 0.151 e. The van der Waals surface area contributed by atoms with E-state index in [2.05, 4.69) is 23.7 Å². The minimum atomic E-state index is 0.461. The Hall–Kier alpha value is -1.35. The second-order valence-corrected chi connectivity index (χ2v) is 5.35. The van der Waals surface area contributed by atoms with Crippen molar-refractivity contribution in [2.24, 2.45) is 0 Å². The summed E-state index contributed by atoms with van der Waals surface area (Å²) >= 11 is 5.98. The summed E-state index contributed by atoms with van der Waals surface area (Å²) in [5.74, 6) is 1.57. The standard InChI is InChI=1S/C16H22ClN3/c1-4-13(5-2)20(11-10-17)16-12(3)18-14-8-6-7-9-15(14)19-16/h6-9,13H,4-5,10-11H2,1-3H3. The highest BCUT2D eigenvalue weighted by atomic mass is 35.5. The van der Waals surface area contributed by atoms with Crippen molar-refractivity contribution in [1.82, 2.24) is 9.97 Å². The number of fused-ring (bicyclic) bond motifs is 1. The van der Waals surface area contributed by atoms with Crippen LogP contribution in [0.1, 0.15) is 32.4 Å². The molecule has 108 valence electrons. The molecule has 1 aromatic carbocycles. The molecule has 0 saturated heterocycles. The molecule has 0 radical (unpaired) electrons. The molecule has 0 atom stereocenters. The summed E-state index contributed by atoms with van der Waals surface area (Å²) in [5, 5.41) is 0. The van der Waals surface area contributed by atoms with Gasteiger partial charge in [-0.1, -0.05) is 26.0 Å². The average Bonchev–Trinajstić information content (AvgIpc) is 2.47. The fourth-order valence-corrected chi connectivity index (χ4v) is 2.81. The monoisotopic (exact) mass is 291 g/mol. The predicted molar refractivity (Wildman–Crippen MR) is 86.7 cm³/mol. The molecule has 0 amide bonds. The van der Waals surface area contributed by atoms with Gasteiger partial charge in [-0.2, -0.15) is 0 Å². The minimum Gasteiger partial charge on any atom is -0.351 e. The predicted octanol–water partition coefficient (Wildman–Crippen LogP) is 4.17. The van der Waals surface area contributed by atoms with Gasteiger partial charge in [0.05, 0.1) is 16.7 Å².